The van der Waals surface area contributed by atoms with Gasteiger partial charge >= 0.3 is 17.9 Å². The molecular weight excluding hydrogens is 456 g/mol. The number of rotatable bonds is 6. The molecule has 0 atom stereocenters. The van der Waals surface area contributed by atoms with E-state index in [2.05, 4.69) is 30.8 Å². The molecule has 0 aliphatic heterocycles. The fourth-order valence-electron chi connectivity index (χ4n) is 3.21. The number of hydrogen-bond donors (Lipinski definition) is 2. The summed E-state index contributed by atoms with van der Waals surface area (Å²) in [5.74, 6) is -2.43. The van der Waals surface area contributed by atoms with Gasteiger partial charge in [-0.15, -0.1) is 10.2 Å². The first-order valence-electron chi connectivity index (χ1n) is 10.1. The van der Waals surface area contributed by atoms with E-state index >= 15 is 0 Å². The Bertz CT molecular complexity index is 1460. The summed E-state index contributed by atoms with van der Waals surface area (Å²) in [6.07, 6.45) is 2.38. The van der Waals surface area contributed by atoms with Crippen molar-refractivity contribution < 1.29 is 28.6 Å². The number of carbonyl (C=O) groups is 3. The third-order valence-corrected chi connectivity index (χ3v) is 4.77. The third kappa shape index (κ3) is 4.71. The maximum absolute atomic E-state index is 13.1. The van der Waals surface area contributed by atoms with E-state index in [1.165, 1.54) is 30.6 Å². The first-order chi connectivity index (χ1) is 17.1. The zero-order chi connectivity index (χ0) is 24.2. The Kier molecular flexibility index (Phi) is 5.66. The molecule has 12 heteroatoms. The van der Waals surface area contributed by atoms with Gasteiger partial charge in [0.1, 0.15) is 18.1 Å². The number of esters is 3. The molecule has 5 rings (SSSR count). The minimum Gasteiger partial charge on any atom is -0.422 e. The van der Waals surface area contributed by atoms with E-state index in [-0.39, 0.29) is 28.5 Å². The van der Waals surface area contributed by atoms with Gasteiger partial charge in [-0.3, -0.25) is 0 Å². The molecule has 0 unspecified atom stereocenters. The lowest BCUT2D eigenvalue weighted by molar-refractivity contribution is 0.0727. The van der Waals surface area contributed by atoms with Gasteiger partial charge in [0, 0.05) is 5.39 Å². The number of carbonyl (C=O) groups excluding carboxylic acids is 3. The predicted molar refractivity (Wildman–Crippen MR) is 118 cm³/mol. The van der Waals surface area contributed by atoms with E-state index in [0.717, 1.165) is 10.8 Å². The number of H-pyrrole nitrogens is 2. The number of aromatic amines is 2. The zero-order valence-electron chi connectivity index (χ0n) is 17.7. The highest BCUT2D eigenvalue weighted by molar-refractivity contribution is 6.02. The molecule has 0 aliphatic rings. The second-order valence-electron chi connectivity index (χ2n) is 7.06. The fraction of sp³-hybridized carbons (Fsp3) is 0. The Morgan fingerprint density at radius 1 is 0.629 bits per heavy atom. The molecule has 2 aromatic heterocycles. The molecule has 12 nitrogen and oxygen atoms in total. The standard InChI is InChI=1S/C23H14N6O6/c30-21(33-18-7-3-5-13-4-1-2-6-17(13)18)14-8-15(22(31)34-19-11-24-28-26-19)10-16(9-14)23(32)35-20-12-25-29-27-20/h1-12H,(H,24,26,28)(H,25,27,29). The van der Waals surface area contributed by atoms with Crippen LogP contribution in [0, 0.1) is 0 Å². The van der Waals surface area contributed by atoms with Gasteiger partial charge in [-0.2, -0.15) is 20.6 Å². The largest absolute Gasteiger partial charge is 0.422 e. The van der Waals surface area contributed by atoms with Gasteiger partial charge < -0.3 is 14.2 Å². The van der Waals surface area contributed by atoms with Gasteiger partial charge in [0.2, 0.25) is 0 Å². The average molecular weight is 470 g/mol. The van der Waals surface area contributed by atoms with Crippen LogP contribution in [0.2, 0.25) is 0 Å². The molecule has 0 fully saturated rings. The van der Waals surface area contributed by atoms with Crippen molar-refractivity contribution in [2.45, 2.75) is 0 Å². The second kappa shape index (κ2) is 9.23. The SMILES string of the molecule is O=C(Oc1cn[nH]n1)c1cc(C(=O)Oc2cn[nH]n2)cc(C(=O)Oc2cccc3ccccc23)c1. The third-order valence-electron chi connectivity index (χ3n) is 4.77. The van der Waals surface area contributed by atoms with Gasteiger partial charge in [0.15, 0.2) is 0 Å². The lowest BCUT2D eigenvalue weighted by Crippen LogP contribution is -2.17. The monoisotopic (exact) mass is 470 g/mol. The van der Waals surface area contributed by atoms with E-state index in [4.69, 9.17) is 14.2 Å². The van der Waals surface area contributed by atoms with Crippen molar-refractivity contribution in [2.24, 2.45) is 0 Å². The van der Waals surface area contributed by atoms with Crippen LogP contribution >= 0.6 is 0 Å². The van der Waals surface area contributed by atoms with Crippen molar-refractivity contribution in [2.75, 3.05) is 0 Å². The van der Waals surface area contributed by atoms with E-state index in [1.807, 2.05) is 30.3 Å². The van der Waals surface area contributed by atoms with E-state index < -0.39 is 17.9 Å². The van der Waals surface area contributed by atoms with E-state index in [1.54, 1.807) is 12.1 Å². The number of nitrogens with one attached hydrogen (secondary N) is 2. The van der Waals surface area contributed by atoms with Gasteiger partial charge in [-0.1, -0.05) is 36.4 Å². The van der Waals surface area contributed by atoms with Crippen LogP contribution in [0.1, 0.15) is 31.1 Å². The highest BCUT2D eigenvalue weighted by atomic mass is 16.6. The number of nitrogens with zero attached hydrogens (tertiary/aromatic N) is 4. The van der Waals surface area contributed by atoms with Crippen molar-refractivity contribution in [3.63, 3.8) is 0 Å². The van der Waals surface area contributed by atoms with Gasteiger partial charge in [-0.05, 0) is 29.7 Å². The van der Waals surface area contributed by atoms with Crippen molar-refractivity contribution in [1.29, 1.82) is 0 Å². The highest BCUT2D eigenvalue weighted by Gasteiger charge is 2.21. The van der Waals surface area contributed by atoms with Crippen LogP contribution in [0.15, 0.2) is 73.1 Å². The number of aromatic nitrogens is 6. The number of fused-ring (bicyclic) bond motifs is 1. The van der Waals surface area contributed by atoms with Crippen LogP contribution in [-0.2, 0) is 0 Å². The Hall–Kier alpha value is -5.39. The first kappa shape index (κ1) is 21.5. The van der Waals surface area contributed by atoms with Crippen LogP contribution in [0.25, 0.3) is 10.8 Å². The molecule has 2 heterocycles. The quantitative estimate of drug-likeness (QED) is 0.279. The molecule has 0 spiro atoms. The predicted octanol–water partition coefficient (Wildman–Crippen LogP) is 2.73. The Labute approximate surface area is 195 Å². The van der Waals surface area contributed by atoms with Crippen molar-refractivity contribution in [3.8, 4) is 17.5 Å². The number of benzene rings is 3. The topological polar surface area (TPSA) is 162 Å². The number of hydrogen-bond acceptors (Lipinski definition) is 10. The maximum Gasteiger partial charge on any atom is 0.345 e. The summed E-state index contributed by atoms with van der Waals surface area (Å²) >= 11 is 0. The van der Waals surface area contributed by atoms with Crippen molar-refractivity contribution in [1.82, 2.24) is 30.8 Å². The molecule has 0 aliphatic carbocycles. The van der Waals surface area contributed by atoms with Crippen molar-refractivity contribution >= 4 is 28.7 Å². The molecule has 172 valence electrons. The summed E-state index contributed by atoms with van der Waals surface area (Å²) in [7, 11) is 0. The maximum atomic E-state index is 13.1. The summed E-state index contributed by atoms with van der Waals surface area (Å²) in [6, 6.07) is 16.3. The lowest BCUT2D eigenvalue weighted by atomic mass is 10.1. The normalized spacial score (nSPS) is 10.6. The Morgan fingerprint density at radius 3 is 1.69 bits per heavy atom. The summed E-state index contributed by atoms with van der Waals surface area (Å²) < 4.78 is 15.8. The minimum atomic E-state index is -0.880. The van der Waals surface area contributed by atoms with Crippen molar-refractivity contribution in [3.05, 3.63) is 89.7 Å². The minimum absolute atomic E-state index is 0.0837. The summed E-state index contributed by atoms with van der Waals surface area (Å²) in [5.41, 5.74) is -0.320. The molecule has 0 amide bonds. The van der Waals surface area contributed by atoms with E-state index in [9.17, 15) is 14.4 Å². The average Bonchev–Trinajstić information content (AvgIpc) is 3.58. The smallest absolute Gasteiger partial charge is 0.345 e. The number of ether oxygens (including phenoxy) is 3. The first-order valence-corrected chi connectivity index (χ1v) is 10.1. The molecular formula is C23H14N6O6. The second-order valence-corrected chi connectivity index (χ2v) is 7.06. The molecule has 0 bridgehead atoms. The summed E-state index contributed by atoms with van der Waals surface area (Å²) in [5, 5.41) is 20.6. The molecule has 35 heavy (non-hydrogen) atoms. The molecule has 5 aromatic rings. The van der Waals surface area contributed by atoms with Crippen LogP contribution in [-0.4, -0.2) is 48.7 Å². The van der Waals surface area contributed by atoms with Crippen LogP contribution in [0.3, 0.4) is 0 Å². The van der Waals surface area contributed by atoms with Gasteiger partial charge in [0.05, 0.1) is 16.7 Å². The fourth-order valence-corrected chi connectivity index (χ4v) is 3.21. The molecule has 0 radical (unpaired) electrons. The molecule has 0 saturated heterocycles. The van der Waals surface area contributed by atoms with Crippen LogP contribution in [0.5, 0.6) is 17.5 Å². The highest BCUT2D eigenvalue weighted by Crippen LogP contribution is 2.26. The summed E-state index contributed by atoms with van der Waals surface area (Å²) in [6.45, 7) is 0. The molecule has 2 N–H and O–H groups in total. The van der Waals surface area contributed by atoms with Crippen LogP contribution in [0.4, 0.5) is 0 Å². The Morgan fingerprint density at radius 2 is 1.14 bits per heavy atom. The van der Waals surface area contributed by atoms with Gasteiger partial charge in [-0.25, -0.2) is 14.4 Å². The molecule has 0 saturated carbocycles. The summed E-state index contributed by atoms with van der Waals surface area (Å²) in [4.78, 5) is 38.4. The van der Waals surface area contributed by atoms with E-state index in [0.29, 0.717) is 5.75 Å². The van der Waals surface area contributed by atoms with Crippen LogP contribution < -0.4 is 14.2 Å². The molecule has 3 aromatic carbocycles. The zero-order valence-corrected chi connectivity index (χ0v) is 17.7. The van der Waals surface area contributed by atoms with Gasteiger partial charge in [0.25, 0.3) is 11.8 Å². The lowest BCUT2D eigenvalue weighted by Gasteiger charge is -2.10. The Balaban J connectivity index is 1.48.